The van der Waals surface area contributed by atoms with Crippen molar-refractivity contribution in [3.8, 4) is 11.5 Å². The lowest BCUT2D eigenvalue weighted by Crippen LogP contribution is -2.27. The van der Waals surface area contributed by atoms with E-state index in [4.69, 9.17) is 9.47 Å². The van der Waals surface area contributed by atoms with Crippen molar-refractivity contribution < 1.29 is 9.47 Å². The lowest BCUT2D eigenvalue weighted by atomic mass is 9.94. The Labute approximate surface area is 103 Å². The molecule has 1 aliphatic carbocycles. The predicted molar refractivity (Wildman–Crippen MR) is 69.0 cm³/mol. The number of benzene rings is 1. The Hall–Kier alpha value is -1.22. The van der Waals surface area contributed by atoms with Crippen molar-refractivity contribution in [2.45, 2.75) is 25.2 Å². The van der Waals surface area contributed by atoms with Crippen LogP contribution in [-0.4, -0.2) is 27.3 Å². The van der Waals surface area contributed by atoms with Crippen molar-refractivity contribution in [1.82, 2.24) is 5.32 Å². The second kappa shape index (κ2) is 4.96. The van der Waals surface area contributed by atoms with Gasteiger partial charge in [0.05, 0.1) is 14.2 Å². The van der Waals surface area contributed by atoms with Crippen molar-refractivity contribution in [3.63, 3.8) is 0 Å². The standard InChI is InChI=1S/C14H21NO2/c1-4-15-10-14(7-8-14)12-6-5-11(16-2)9-13(12)17-3/h5-6,9,15H,4,7-8,10H2,1-3H3. The Morgan fingerprint density at radius 2 is 2.00 bits per heavy atom. The lowest BCUT2D eigenvalue weighted by Gasteiger charge is -2.19. The number of hydrogen-bond donors (Lipinski definition) is 1. The highest BCUT2D eigenvalue weighted by Crippen LogP contribution is 2.51. The highest BCUT2D eigenvalue weighted by molar-refractivity contribution is 5.47. The number of methoxy groups -OCH3 is 2. The first-order chi connectivity index (χ1) is 8.25. The summed E-state index contributed by atoms with van der Waals surface area (Å²) in [6.07, 6.45) is 2.48. The normalized spacial score (nSPS) is 16.6. The van der Waals surface area contributed by atoms with Crippen molar-refractivity contribution in [3.05, 3.63) is 23.8 Å². The van der Waals surface area contributed by atoms with Gasteiger partial charge in [-0.1, -0.05) is 13.0 Å². The molecule has 0 amide bonds. The zero-order valence-electron chi connectivity index (χ0n) is 10.9. The molecule has 0 bridgehead atoms. The van der Waals surface area contributed by atoms with Gasteiger partial charge in [0.2, 0.25) is 0 Å². The third-order valence-corrected chi connectivity index (χ3v) is 3.55. The number of ether oxygens (including phenoxy) is 2. The molecule has 17 heavy (non-hydrogen) atoms. The third kappa shape index (κ3) is 2.39. The summed E-state index contributed by atoms with van der Waals surface area (Å²) in [5, 5.41) is 3.44. The summed E-state index contributed by atoms with van der Waals surface area (Å²) < 4.78 is 10.7. The Balaban J connectivity index is 2.25. The molecule has 3 heteroatoms. The monoisotopic (exact) mass is 235 g/mol. The van der Waals surface area contributed by atoms with Crippen LogP contribution in [0.1, 0.15) is 25.3 Å². The molecule has 3 nitrogen and oxygen atoms in total. The van der Waals surface area contributed by atoms with Crippen molar-refractivity contribution >= 4 is 0 Å². The molecule has 0 unspecified atom stereocenters. The van der Waals surface area contributed by atoms with Crippen molar-refractivity contribution in [2.24, 2.45) is 0 Å². The highest BCUT2D eigenvalue weighted by atomic mass is 16.5. The van der Waals surface area contributed by atoms with E-state index in [1.807, 2.05) is 12.1 Å². The Kier molecular flexibility index (Phi) is 3.57. The molecule has 1 saturated carbocycles. The van der Waals surface area contributed by atoms with Crippen LogP contribution in [0.25, 0.3) is 0 Å². The van der Waals surface area contributed by atoms with E-state index in [0.717, 1.165) is 24.6 Å². The van der Waals surface area contributed by atoms with E-state index >= 15 is 0 Å². The van der Waals surface area contributed by atoms with Gasteiger partial charge >= 0.3 is 0 Å². The molecule has 0 aliphatic heterocycles. The molecule has 0 spiro atoms. The van der Waals surface area contributed by atoms with Gasteiger partial charge in [-0.25, -0.2) is 0 Å². The first kappa shape index (κ1) is 12.2. The quantitative estimate of drug-likeness (QED) is 0.821. The van der Waals surface area contributed by atoms with Gasteiger partial charge in [-0.3, -0.25) is 0 Å². The van der Waals surface area contributed by atoms with E-state index in [1.165, 1.54) is 18.4 Å². The third-order valence-electron chi connectivity index (χ3n) is 3.55. The molecule has 0 atom stereocenters. The average Bonchev–Trinajstić information content (AvgIpc) is 3.16. The minimum atomic E-state index is 0.285. The molecule has 94 valence electrons. The maximum Gasteiger partial charge on any atom is 0.126 e. The number of nitrogens with one attached hydrogen (secondary N) is 1. The molecule has 0 radical (unpaired) electrons. The largest absolute Gasteiger partial charge is 0.497 e. The van der Waals surface area contributed by atoms with Crippen LogP contribution >= 0.6 is 0 Å². The van der Waals surface area contributed by atoms with Crippen LogP contribution in [0.2, 0.25) is 0 Å². The van der Waals surface area contributed by atoms with Crippen LogP contribution in [0, 0.1) is 0 Å². The van der Waals surface area contributed by atoms with E-state index < -0.39 is 0 Å². The Morgan fingerprint density at radius 1 is 1.24 bits per heavy atom. The summed E-state index contributed by atoms with van der Waals surface area (Å²) in [4.78, 5) is 0. The minimum Gasteiger partial charge on any atom is -0.497 e. The molecule has 2 rings (SSSR count). The molecule has 1 fully saturated rings. The van der Waals surface area contributed by atoms with Crippen LogP contribution in [-0.2, 0) is 5.41 Å². The van der Waals surface area contributed by atoms with Gasteiger partial charge in [-0.15, -0.1) is 0 Å². The van der Waals surface area contributed by atoms with E-state index in [-0.39, 0.29) is 5.41 Å². The lowest BCUT2D eigenvalue weighted by molar-refractivity contribution is 0.386. The summed E-state index contributed by atoms with van der Waals surface area (Å²) in [5.41, 5.74) is 1.59. The van der Waals surface area contributed by atoms with Gasteiger partial charge in [0.1, 0.15) is 11.5 Å². The number of hydrogen-bond acceptors (Lipinski definition) is 3. The first-order valence-electron chi connectivity index (χ1n) is 6.19. The van der Waals surface area contributed by atoms with Gasteiger partial charge < -0.3 is 14.8 Å². The number of likely N-dealkylation sites (N-methyl/N-ethyl adjacent to an activating group) is 1. The van der Waals surface area contributed by atoms with Gasteiger partial charge in [0.25, 0.3) is 0 Å². The molecule has 1 aromatic carbocycles. The molecule has 1 aliphatic rings. The first-order valence-corrected chi connectivity index (χ1v) is 6.19. The smallest absolute Gasteiger partial charge is 0.126 e. The van der Waals surface area contributed by atoms with Crippen molar-refractivity contribution in [1.29, 1.82) is 0 Å². The molecule has 1 aromatic rings. The highest BCUT2D eigenvalue weighted by Gasteiger charge is 2.45. The maximum atomic E-state index is 5.49. The number of rotatable bonds is 6. The van der Waals surface area contributed by atoms with Gasteiger partial charge in [0.15, 0.2) is 0 Å². The van der Waals surface area contributed by atoms with E-state index in [2.05, 4.69) is 18.3 Å². The van der Waals surface area contributed by atoms with Crippen molar-refractivity contribution in [2.75, 3.05) is 27.3 Å². The van der Waals surface area contributed by atoms with Gasteiger partial charge in [0, 0.05) is 23.6 Å². The average molecular weight is 235 g/mol. The zero-order chi connectivity index (χ0) is 12.3. The molecule has 0 heterocycles. The summed E-state index contributed by atoms with van der Waals surface area (Å²) >= 11 is 0. The van der Waals surface area contributed by atoms with Crippen LogP contribution in [0.15, 0.2) is 18.2 Å². The van der Waals surface area contributed by atoms with Crippen LogP contribution in [0.3, 0.4) is 0 Å². The summed E-state index contributed by atoms with van der Waals surface area (Å²) in [5.74, 6) is 1.80. The van der Waals surface area contributed by atoms with Crippen LogP contribution in [0.4, 0.5) is 0 Å². The summed E-state index contributed by atoms with van der Waals surface area (Å²) in [6.45, 7) is 4.19. The fourth-order valence-corrected chi connectivity index (χ4v) is 2.29. The van der Waals surface area contributed by atoms with Crippen LogP contribution in [0.5, 0.6) is 11.5 Å². The van der Waals surface area contributed by atoms with Crippen LogP contribution < -0.4 is 14.8 Å². The van der Waals surface area contributed by atoms with E-state index in [0.29, 0.717) is 0 Å². The second-order valence-corrected chi connectivity index (χ2v) is 4.63. The molecular formula is C14H21NO2. The zero-order valence-corrected chi connectivity index (χ0v) is 10.9. The predicted octanol–water partition coefficient (Wildman–Crippen LogP) is 2.34. The fourth-order valence-electron chi connectivity index (χ4n) is 2.29. The van der Waals surface area contributed by atoms with E-state index in [9.17, 15) is 0 Å². The fraction of sp³-hybridized carbons (Fsp3) is 0.571. The van der Waals surface area contributed by atoms with Gasteiger partial charge in [-0.2, -0.15) is 0 Å². The maximum absolute atomic E-state index is 5.49. The summed E-state index contributed by atoms with van der Waals surface area (Å²) in [6, 6.07) is 6.13. The van der Waals surface area contributed by atoms with E-state index in [1.54, 1.807) is 14.2 Å². The van der Waals surface area contributed by atoms with Gasteiger partial charge in [-0.05, 0) is 25.5 Å². The second-order valence-electron chi connectivity index (χ2n) is 4.63. The Morgan fingerprint density at radius 3 is 2.53 bits per heavy atom. The SMILES string of the molecule is CCNCC1(c2ccc(OC)cc2OC)CC1. The topological polar surface area (TPSA) is 30.5 Å². The minimum absolute atomic E-state index is 0.285. The summed E-state index contributed by atoms with van der Waals surface area (Å²) in [7, 11) is 3.40. The molecule has 0 saturated heterocycles. The Bertz CT molecular complexity index is 386. The molecule has 0 aromatic heterocycles. The molecule has 1 N–H and O–H groups in total. The molecular weight excluding hydrogens is 214 g/mol.